The van der Waals surface area contributed by atoms with Gasteiger partial charge in [-0.1, -0.05) is 13.8 Å². The van der Waals surface area contributed by atoms with Crippen LogP contribution < -0.4 is 5.73 Å². The van der Waals surface area contributed by atoms with Gasteiger partial charge in [0.1, 0.15) is 0 Å². The maximum absolute atomic E-state index is 11.0. The van der Waals surface area contributed by atoms with Crippen LogP contribution in [0.1, 0.15) is 59.3 Å². The number of aliphatic hydroxyl groups is 1. The van der Waals surface area contributed by atoms with Gasteiger partial charge in [-0.25, -0.2) is 0 Å². The van der Waals surface area contributed by atoms with E-state index in [-0.39, 0.29) is 11.0 Å². The van der Waals surface area contributed by atoms with Crippen LogP contribution in [-0.2, 0) is 0 Å². The maximum Gasteiger partial charge on any atom is 0.0699 e. The molecule has 4 aliphatic carbocycles. The van der Waals surface area contributed by atoms with Crippen molar-refractivity contribution in [2.45, 2.75) is 70.4 Å². The van der Waals surface area contributed by atoms with Crippen molar-refractivity contribution in [3.8, 4) is 0 Å². The van der Waals surface area contributed by atoms with Gasteiger partial charge in [0.05, 0.1) is 5.60 Å². The molecule has 0 spiro atoms. The van der Waals surface area contributed by atoms with Crippen molar-refractivity contribution in [3.05, 3.63) is 0 Å². The van der Waals surface area contributed by atoms with Gasteiger partial charge in [0.2, 0.25) is 0 Å². The van der Waals surface area contributed by atoms with Crippen molar-refractivity contribution in [2.24, 2.45) is 28.9 Å². The van der Waals surface area contributed by atoms with E-state index < -0.39 is 5.60 Å². The Morgan fingerprint density at radius 2 is 1.71 bits per heavy atom. The predicted molar refractivity (Wildman–Crippen MR) is 69.5 cm³/mol. The average molecular weight is 237 g/mol. The van der Waals surface area contributed by atoms with E-state index in [0.717, 1.165) is 18.3 Å². The molecule has 3 atom stereocenters. The third-order valence-corrected chi connectivity index (χ3v) is 6.30. The number of hydrogen-bond donors (Lipinski definition) is 2. The van der Waals surface area contributed by atoms with Crippen LogP contribution in [0.4, 0.5) is 0 Å². The first-order chi connectivity index (χ1) is 7.76. The third-order valence-electron chi connectivity index (χ3n) is 6.30. The number of nitrogens with two attached hydrogens (primary N) is 1. The fourth-order valence-corrected chi connectivity index (χ4v) is 5.54. The molecule has 0 saturated heterocycles. The number of hydrogen-bond acceptors (Lipinski definition) is 2. The summed E-state index contributed by atoms with van der Waals surface area (Å²) in [7, 11) is 0. The highest BCUT2D eigenvalue weighted by atomic mass is 16.3. The monoisotopic (exact) mass is 237 g/mol. The highest BCUT2D eigenvalue weighted by Crippen LogP contribution is 2.65. The van der Waals surface area contributed by atoms with Gasteiger partial charge in [-0.05, 0) is 63.2 Å². The Morgan fingerprint density at radius 1 is 1.18 bits per heavy atom. The summed E-state index contributed by atoms with van der Waals surface area (Å²) in [4.78, 5) is 0. The molecule has 0 amide bonds. The predicted octanol–water partition coefficient (Wildman–Crippen LogP) is 2.69. The van der Waals surface area contributed by atoms with Crippen molar-refractivity contribution >= 4 is 0 Å². The molecule has 4 saturated carbocycles. The van der Waals surface area contributed by atoms with E-state index in [2.05, 4.69) is 20.8 Å². The van der Waals surface area contributed by atoms with Crippen molar-refractivity contribution in [1.29, 1.82) is 0 Å². The molecule has 17 heavy (non-hydrogen) atoms. The SMILES string of the molecule is CC(C)C(C)(O)C12CC3CC(CC(N)(C3)C1)C2. The molecule has 4 fully saturated rings. The zero-order valence-electron chi connectivity index (χ0n) is 11.5. The molecule has 4 aliphatic rings. The summed E-state index contributed by atoms with van der Waals surface area (Å²) in [6.07, 6.45) is 7.27. The van der Waals surface area contributed by atoms with Gasteiger partial charge >= 0.3 is 0 Å². The standard InChI is InChI=1S/C15H27NO/c1-10(2)13(3,17)14-5-11-4-12(6-14)8-15(16,7-11)9-14/h10-12,17H,4-9,16H2,1-3H3. The summed E-state index contributed by atoms with van der Waals surface area (Å²) in [5, 5.41) is 11.0. The third kappa shape index (κ3) is 1.53. The van der Waals surface area contributed by atoms with Gasteiger partial charge in [-0.3, -0.25) is 0 Å². The molecular formula is C15H27NO. The van der Waals surface area contributed by atoms with E-state index in [1.54, 1.807) is 0 Å². The summed E-state index contributed by atoms with van der Waals surface area (Å²) in [5.74, 6) is 1.89. The zero-order chi connectivity index (χ0) is 12.5. The van der Waals surface area contributed by atoms with Gasteiger partial charge in [-0.15, -0.1) is 0 Å². The van der Waals surface area contributed by atoms with Gasteiger partial charge in [0, 0.05) is 11.0 Å². The maximum atomic E-state index is 11.0. The van der Waals surface area contributed by atoms with Crippen LogP contribution in [0.25, 0.3) is 0 Å². The molecule has 0 radical (unpaired) electrons. The Balaban J connectivity index is 1.98. The molecule has 0 heterocycles. The summed E-state index contributed by atoms with van der Waals surface area (Å²) < 4.78 is 0. The molecule has 4 rings (SSSR count). The van der Waals surface area contributed by atoms with E-state index in [1.807, 2.05) is 0 Å². The zero-order valence-corrected chi connectivity index (χ0v) is 11.5. The van der Waals surface area contributed by atoms with Crippen LogP contribution >= 0.6 is 0 Å². The summed E-state index contributed by atoms with van der Waals surface area (Å²) >= 11 is 0. The van der Waals surface area contributed by atoms with Crippen LogP contribution in [-0.4, -0.2) is 16.2 Å². The van der Waals surface area contributed by atoms with Gasteiger partial charge in [-0.2, -0.15) is 0 Å². The second-order valence-electron chi connectivity index (χ2n) is 7.91. The normalized spacial score (nSPS) is 51.9. The Morgan fingerprint density at radius 3 is 2.12 bits per heavy atom. The van der Waals surface area contributed by atoms with E-state index >= 15 is 0 Å². The number of rotatable bonds is 2. The van der Waals surface area contributed by atoms with Crippen LogP contribution in [0.15, 0.2) is 0 Å². The van der Waals surface area contributed by atoms with Gasteiger partial charge < -0.3 is 10.8 Å². The Labute approximate surface area is 105 Å². The molecule has 0 aromatic heterocycles. The van der Waals surface area contributed by atoms with Crippen molar-refractivity contribution in [3.63, 3.8) is 0 Å². The summed E-state index contributed by atoms with van der Waals surface area (Å²) in [6.45, 7) is 6.37. The lowest BCUT2D eigenvalue weighted by Gasteiger charge is -2.65. The minimum Gasteiger partial charge on any atom is -0.389 e. The Kier molecular flexibility index (Phi) is 2.30. The van der Waals surface area contributed by atoms with Gasteiger partial charge in [0.25, 0.3) is 0 Å². The minimum atomic E-state index is -0.546. The minimum absolute atomic E-state index is 0.0446. The lowest BCUT2D eigenvalue weighted by molar-refractivity contribution is -0.194. The first-order valence-electron chi connectivity index (χ1n) is 7.28. The second-order valence-corrected chi connectivity index (χ2v) is 7.91. The van der Waals surface area contributed by atoms with E-state index in [4.69, 9.17) is 5.73 Å². The van der Waals surface area contributed by atoms with Crippen LogP contribution in [0.2, 0.25) is 0 Å². The summed E-state index contributed by atoms with van der Waals surface area (Å²) in [5.41, 5.74) is 6.20. The molecular weight excluding hydrogens is 210 g/mol. The van der Waals surface area contributed by atoms with Crippen LogP contribution in [0.3, 0.4) is 0 Å². The quantitative estimate of drug-likeness (QED) is 0.775. The Hall–Kier alpha value is -0.0800. The van der Waals surface area contributed by atoms with Crippen molar-refractivity contribution < 1.29 is 5.11 Å². The molecule has 0 aromatic carbocycles. The molecule has 2 heteroatoms. The highest BCUT2D eigenvalue weighted by molar-refractivity contribution is 5.15. The molecule has 0 aliphatic heterocycles. The van der Waals surface area contributed by atoms with E-state index in [9.17, 15) is 5.11 Å². The Bertz CT molecular complexity index is 320. The molecule has 2 nitrogen and oxygen atoms in total. The van der Waals surface area contributed by atoms with Gasteiger partial charge in [0.15, 0.2) is 0 Å². The fourth-order valence-electron chi connectivity index (χ4n) is 5.54. The lowest BCUT2D eigenvalue weighted by Crippen LogP contribution is -2.66. The molecule has 3 unspecified atom stereocenters. The molecule has 4 bridgehead atoms. The summed E-state index contributed by atoms with van der Waals surface area (Å²) in [6, 6.07) is 0. The molecule has 3 N–H and O–H groups in total. The van der Waals surface area contributed by atoms with E-state index in [1.165, 1.54) is 32.1 Å². The fraction of sp³-hybridized carbons (Fsp3) is 1.00. The second kappa shape index (κ2) is 3.27. The van der Waals surface area contributed by atoms with Crippen LogP contribution in [0, 0.1) is 23.2 Å². The molecule has 98 valence electrons. The van der Waals surface area contributed by atoms with Crippen molar-refractivity contribution in [2.75, 3.05) is 0 Å². The average Bonchev–Trinajstić information content (AvgIpc) is 2.12. The highest BCUT2D eigenvalue weighted by Gasteiger charge is 2.62. The largest absolute Gasteiger partial charge is 0.389 e. The first-order valence-corrected chi connectivity index (χ1v) is 7.28. The molecule has 0 aromatic rings. The first kappa shape index (κ1) is 12.0. The van der Waals surface area contributed by atoms with Crippen molar-refractivity contribution in [1.82, 2.24) is 0 Å². The van der Waals surface area contributed by atoms with Crippen LogP contribution in [0.5, 0.6) is 0 Å². The van der Waals surface area contributed by atoms with E-state index in [0.29, 0.717) is 5.92 Å². The smallest absolute Gasteiger partial charge is 0.0699 e. The topological polar surface area (TPSA) is 46.2 Å². The lowest BCUT2D eigenvalue weighted by atomic mass is 9.42.